The monoisotopic (exact) mass is 259 g/mol. The number of hydrogen-bond acceptors (Lipinski definition) is 5. The predicted molar refractivity (Wildman–Crippen MR) is 71.6 cm³/mol. The number of nitrogen functional groups attached to an aromatic ring is 1. The summed E-state index contributed by atoms with van der Waals surface area (Å²) in [5.41, 5.74) is 7.44. The summed E-state index contributed by atoms with van der Waals surface area (Å²) in [6.07, 6.45) is 2.52. The molecule has 2 N–H and O–H groups in total. The number of hydrogen-bond donors (Lipinski definition) is 1. The second-order valence-electron chi connectivity index (χ2n) is 4.78. The van der Waals surface area contributed by atoms with E-state index in [0.717, 1.165) is 17.9 Å². The van der Waals surface area contributed by atoms with Crippen molar-refractivity contribution in [2.24, 2.45) is 5.92 Å². The van der Waals surface area contributed by atoms with E-state index in [0.29, 0.717) is 24.0 Å². The SMILES string of the molecule is CCOc1c(N)cccc1-c1nnnn1CC1CC1. The Kier molecular flexibility index (Phi) is 3.06. The summed E-state index contributed by atoms with van der Waals surface area (Å²) in [7, 11) is 0. The molecule has 1 aromatic heterocycles. The third-order valence-electron chi connectivity index (χ3n) is 3.24. The molecule has 0 unspecified atom stereocenters. The van der Waals surface area contributed by atoms with Crippen LogP contribution in [0.3, 0.4) is 0 Å². The van der Waals surface area contributed by atoms with E-state index < -0.39 is 0 Å². The Hall–Kier alpha value is -2.11. The number of para-hydroxylation sites is 1. The van der Waals surface area contributed by atoms with Gasteiger partial charge in [-0.3, -0.25) is 0 Å². The van der Waals surface area contributed by atoms with Crippen LogP contribution >= 0.6 is 0 Å². The fourth-order valence-corrected chi connectivity index (χ4v) is 2.10. The maximum Gasteiger partial charge on any atom is 0.185 e. The standard InChI is InChI=1S/C13H17N5O/c1-2-19-12-10(4-3-5-11(12)14)13-15-16-17-18(13)8-9-6-7-9/h3-5,9H,2,6-8,14H2,1H3. The van der Waals surface area contributed by atoms with Crippen molar-refractivity contribution in [3.05, 3.63) is 18.2 Å². The van der Waals surface area contributed by atoms with Crippen molar-refractivity contribution in [3.8, 4) is 17.1 Å². The lowest BCUT2D eigenvalue weighted by Gasteiger charge is -2.12. The zero-order chi connectivity index (χ0) is 13.2. The Morgan fingerprint density at radius 3 is 3.00 bits per heavy atom. The minimum atomic E-state index is 0.561. The lowest BCUT2D eigenvalue weighted by Crippen LogP contribution is -2.06. The van der Waals surface area contributed by atoms with Crippen molar-refractivity contribution >= 4 is 5.69 Å². The summed E-state index contributed by atoms with van der Waals surface area (Å²) < 4.78 is 7.48. The van der Waals surface area contributed by atoms with Crippen LogP contribution in [-0.4, -0.2) is 26.8 Å². The van der Waals surface area contributed by atoms with Gasteiger partial charge in [0.1, 0.15) is 0 Å². The molecule has 0 amide bonds. The van der Waals surface area contributed by atoms with Crippen LogP contribution in [0.25, 0.3) is 11.4 Å². The highest BCUT2D eigenvalue weighted by molar-refractivity contribution is 5.73. The van der Waals surface area contributed by atoms with Crippen LogP contribution in [0.5, 0.6) is 5.75 Å². The first kappa shape index (κ1) is 12.0. The number of benzene rings is 1. The first-order valence-electron chi connectivity index (χ1n) is 6.57. The minimum Gasteiger partial charge on any atom is -0.491 e. The molecule has 1 saturated carbocycles. The predicted octanol–water partition coefficient (Wildman–Crippen LogP) is 1.73. The van der Waals surface area contributed by atoms with E-state index >= 15 is 0 Å². The Bertz CT molecular complexity index is 576. The molecule has 1 heterocycles. The minimum absolute atomic E-state index is 0.561. The molecule has 0 saturated heterocycles. The molecule has 0 atom stereocenters. The van der Waals surface area contributed by atoms with Crippen LogP contribution in [0.4, 0.5) is 5.69 Å². The number of anilines is 1. The molecule has 2 aromatic rings. The van der Waals surface area contributed by atoms with Crippen LogP contribution in [0.15, 0.2) is 18.2 Å². The van der Waals surface area contributed by atoms with Crippen molar-refractivity contribution < 1.29 is 4.74 Å². The van der Waals surface area contributed by atoms with Gasteiger partial charge in [0.25, 0.3) is 0 Å². The van der Waals surface area contributed by atoms with Gasteiger partial charge in [0.2, 0.25) is 0 Å². The number of nitrogens with two attached hydrogens (primary N) is 1. The highest BCUT2D eigenvalue weighted by atomic mass is 16.5. The molecule has 19 heavy (non-hydrogen) atoms. The topological polar surface area (TPSA) is 78.8 Å². The van der Waals surface area contributed by atoms with Gasteiger partial charge < -0.3 is 10.5 Å². The Morgan fingerprint density at radius 2 is 2.26 bits per heavy atom. The number of tetrazole rings is 1. The Labute approximate surface area is 111 Å². The number of ether oxygens (including phenoxy) is 1. The fraction of sp³-hybridized carbons (Fsp3) is 0.462. The van der Waals surface area contributed by atoms with Gasteiger partial charge in [-0.05, 0) is 48.2 Å². The average Bonchev–Trinajstić information content (AvgIpc) is 3.09. The maximum absolute atomic E-state index is 5.97. The maximum atomic E-state index is 5.97. The van der Waals surface area contributed by atoms with Crippen molar-refractivity contribution in [1.82, 2.24) is 20.2 Å². The quantitative estimate of drug-likeness (QED) is 0.827. The van der Waals surface area contributed by atoms with Gasteiger partial charge in [0, 0.05) is 6.54 Å². The smallest absolute Gasteiger partial charge is 0.185 e. The molecule has 1 aliphatic rings. The van der Waals surface area contributed by atoms with Crippen molar-refractivity contribution in [1.29, 1.82) is 0 Å². The van der Waals surface area contributed by atoms with Crippen molar-refractivity contribution in [3.63, 3.8) is 0 Å². The molecule has 0 spiro atoms. The van der Waals surface area contributed by atoms with Crippen LogP contribution in [0.2, 0.25) is 0 Å². The van der Waals surface area contributed by atoms with E-state index in [9.17, 15) is 0 Å². The van der Waals surface area contributed by atoms with E-state index in [1.165, 1.54) is 12.8 Å². The summed E-state index contributed by atoms with van der Waals surface area (Å²) >= 11 is 0. The summed E-state index contributed by atoms with van der Waals surface area (Å²) in [6.45, 7) is 3.36. The second kappa shape index (κ2) is 4.87. The molecule has 6 nitrogen and oxygen atoms in total. The second-order valence-corrected chi connectivity index (χ2v) is 4.78. The van der Waals surface area contributed by atoms with Gasteiger partial charge in [-0.25, -0.2) is 4.68 Å². The van der Waals surface area contributed by atoms with E-state index in [1.54, 1.807) is 0 Å². The summed E-state index contributed by atoms with van der Waals surface area (Å²) in [4.78, 5) is 0. The molecule has 0 radical (unpaired) electrons. The van der Waals surface area contributed by atoms with Crippen molar-refractivity contribution in [2.75, 3.05) is 12.3 Å². The van der Waals surface area contributed by atoms with Crippen LogP contribution in [-0.2, 0) is 6.54 Å². The first-order chi connectivity index (χ1) is 9.29. The van der Waals surface area contributed by atoms with Crippen LogP contribution in [0.1, 0.15) is 19.8 Å². The molecule has 0 bridgehead atoms. The number of nitrogens with zero attached hydrogens (tertiary/aromatic N) is 4. The third-order valence-corrected chi connectivity index (χ3v) is 3.24. The molecule has 100 valence electrons. The molecule has 1 fully saturated rings. The lowest BCUT2D eigenvalue weighted by molar-refractivity contribution is 0.343. The zero-order valence-corrected chi connectivity index (χ0v) is 10.9. The molecular formula is C13H17N5O. The summed E-state index contributed by atoms with van der Waals surface area (Å²) in [6, 6.07) is 5.66. The van der Waals surface area contributed by atoms with Crippen LogP contribution < -0.4 is 10.5 Å². The fourth-order valence-electron chi connectivity index (χ4n) is 2.10. The Balaban J connectivity index is 2.00. The van der Waals surface area contributed by atoms with Gasteiger partial charge in [-0.15, -0.1) is 5.10 Å². The van der Waals surface area contributed by atoms with E-state index in [-0.39, 0.29) is 0 Å². The lowest BCUT2D eigenvalue weighted by atomic mass is 10.1. The molecule has 1 aliphatic carbocycles. The van der Waals surface area contributed by atoms with Gasteiger partial charge in [0.15, 0.2) is 11.6 Å². The first-order valence-corrected chi connectivity index (χ1v) is 6.57. The van der Waals surface area contributed by atoms with Gasteiger partial charge >= 0.3 is 0 Å². The molecular weight excluding hydrogens is 242 g/mol. The zero-order valence-electron chi connectivity index (χ0n) is 10.9. The molecule has 6 heteroatoms. The van der Waals surface area contributed by atoms with E-state index in [1.807, 2.05) is 29.8 Å². The summed E-state index contributed by atoms with van der Waals surface area (Å²) in [5.74, 6) is 2.10. The Morgan fingerprint density at radius 1 is 1.42 bits per heavy atom. The highest BCUT2D eigenvalue weighted by Gasteiger charge is 2.25. The third kappa shape index (κ3) is 2.38. The van der Waals surface area contributed by atoms with Gasteiger partial charge in [-0.2, -0.15) is 0 Å². The molecule has 1 aromatic carbocycles. The summed E-state index contributed by atoms with van der Waals surface area (Å²) in [5, 5.41) is 12.0. The van der Waals surface area contributed by atoms with Gasteiger partial charge in [-0.1, -0.05) is 6.07 Å². The average molecular weight is 259 g/mol. The normalized spacial score (nSPS) is 14.6. The molecule has 3 rings (SSSR count). The van der Waals surface area contributed by atoms with E-state index in [4.69, 9.17) is 10.5 Å². The highest BCUT2D eigenvalue weighted by Crippen LogP contribution is 2.35. The number of rotatable bonds is 5. The number of aromatic nitrogens is 4. The van der Waals surface area contributed by atoms with E-state index in [2.05, 4.69) is 15.5 Å². The van der Waals surface area contributed by atoms with Gasteiger partial charge in [0.05, 0.1) is 17.9 Å². The molecule has 0 aliphatic heterocycles. The largest absolute Gasteiger partial charge is 0.491 e. The van der Waals surface area contributed by atoms with Crippen LogP contribution in [0, 0.1) is 5.92 Å². The van der Waals surface area contributed by atoms with Crippen molar-refractivity contribution in [2.45, 2.75) is 26.3 Å².